The Kier molecular flexibility index (Phi) is 5.94. The van der Waals surface area contributed by atoms with Crippen molar-refractivity contribution in [2.75, 3.05) is 20.1 Å². The number of carbonyl (C=O) groups is 1. The second-order valence-electron chi connectivity index (χ2n) is 4.18. The number of nitrogens with two attached hydrogens (primary N) is 1. The first-order valence-electron chi connectivity index (χ1n) is 6.04. The summed E-state index contributed by atoms with van der Waals surface area (Å²) in [5, 5.41) is 2.63. The minimum atomic E-state index is -3.81. The highest BCUT2D eigenvalue weighted by atomic mass is 35.5. The molecule has 0 unspecified atom stereocenters. The molecule has 1 aromatic rings. The molecule has 0 fully saturated rings. The summed E-state index contributed by atoms with van der Waals surface area (Å²) in [6.45, 7) is 2.22. The third-order valence-electron chi connectivity index (χ3n) is 2.66. The smallest absolute Gasteiger partial charge is 0.244 e. The molecule has 0 bridgehead atoms. The summed E-state index contributed by atoms with van der Waals surface area (Å²) >= 11 is 5.97. The molecule has 112 valence electrons. The lowest BCUT2D eigenvalue weighted by Gasteiger charge is -2.17. The first-order valence-corrected chi connectivity index (χ1v) is 7.86. The average Bonchev–Trinajstić information content (AvgIpc) is 2.38. The lowest BCUT2D eigenvalue weighted by Crippen LogP contribution is -2.38. The molecular weight excluding hydrogens is 302 g/mol. The normalized spacial score (nSPS) is 11.7. The van der Waals surface area contributed by atoms with Crippen LogP contribution in [0.3, 0.4) is 0 Å². The molecule has 1 rings (SSSR count). The van der Waals surface area contributed by atoms with Crippen LogP contribution >= 0.6 is 11.6 Å². The van der Waals surface area contributed by atoms with Crippen molar-refractivity contribution in [2.24, 2.45) is 5.73 Å². The largest absolute Gasteiger partial charge is 0.355 e. The summed E-state index contributed by atoms with van der Waals surface area (Å²) in [4.78, 5) is 11.4. The zero-order chi connectivity index (χ0) is 15.3. The van der Waals surface area contributed by atoms with E-state index in [0.29, 0.717) is 6.54 Å². The van der Waals surface area contributed by atoms with Gasteiger partial charge in [0.1, 0.15) is 4.90 Å². The second-order valence-corrected chi connectivity index (χ2v) is 6.60. The first kappa shape index (κ1) is 16.9. The summed E-state index contributed by atoms with van der Waals surface area (Å²) in [6, 6.07) is 4.50. The van der Waals surface area contributed by atoms with Gasteiger partial charge in [-0.3, -0.25) is 4.79 Å². The Bertz CT molecular complexity index is 590. The van der Waals surface area contributed by atoms with Crippen LogP contribution in [-0.2, 0) is 21.4 Å². The number of likely N-dealkylation sites (N-methyl/N-ethyl adjacent to an activating group) is 2. The zero-order valence-electron chi connectivity index (χ0n) is 11.4. The number of sulfonamides is 1. The van der Waals surface area contributed by atoms with E-state index < -0.39 is 10.0 Å². The molecule has 0 spiro atoms. The SMILES string of the molecule is CCNC(=O)CN(C)S(=O)(=O)c1ccc(CN)cc1Cl. The molecule has 0 aliphatic heterocycles. The minimum absolute atomic E-state index is 0.0387. The van der Waals surface area contributed by atoms with E-state index in [0.717, 1.165) is 9.87 Å². The molecule has 0 heterocycles. The van der Waals surface area contributed by atoms with E-state index >= 15 is 0 Å². The highest BCUT2D eigenvalue weighted by Crippen LogP contribution is 2.25. The molecule has 6 nitrogen and oxygen atoms in total. The molecule has 0 saturated heterocycles. The zero-order valence-corrected chi connectivity index (χ0v) is 13.0. The molecule has 0 atom stereocenters. The van der Waals surface area contributed by atoms with Crippen molar-refractivity contribution in [3.05, 3.63) is 28.8 Å². The maximum absolute atomic E-state index is 12.3. The van der Waals surface area contributed by atoms with Gasteiger partial charge in [-0.15, -0.1) is 0 Å². The van der Waals surface area contributed by atoms with Crippen molar-refractivity contribution in [2.45, 2.75) is 18.4 Å². The summed E-state index contributed by atoms with van der Waals surface area (Å²) in [5.74, 6) is -0.367. The molecule has 0 saturated carbocycles. The number of amides is 1. The van der Waals surface area contributed by atoms with Crippen molar-refractivity contribution in [1.82, 2.24) is 9.62 Å². The van der Waals surface area contributed by atoms with Gasteiger partial charge in [-0.25, -0.2) is 8.42 Å². The van der Waals surface area contributed by atoms with Gasteiger partial charge in [0, 0.05) is 20.1 Å². The Labute approximate surface area is 123 Å². The number of rotatable bonds is 6. The summed E-state index contributed by atoms with van der Waals surface area (Å²) < 4.78 is 25.6. The monoisotopic (exact) mass is 319 g/mol. The van der Waals surface area contributed by atoms with E-state index in [4.69, 9.17) is 17.3 Å². The quantitative estimate of drug-likeness (QED) is 0.801. The van der Waals surface area contributed by atoms with E-state index in [1.165, 1.54) is 19.2 Å². The van der Waals surface area contributed by atoms with E-state index in [9.17, 15) is 13.2 Å². The maximum atomic E-state index is 12.3. The van der Waals surface area contributed by atoms with Crippen LogP contribution in [0.2, 0.25) is 5.02 Å². The van der Waals surface area contributed by atoms with Crippen molar-refractivity contribution in [1.29, 1.82) is 0 Å². The number of hydrogen-bond donors (Lipinski definition) is 2. The number of nitrogens with one attached hydrogen (secondary N) is 1. The third-order valence-corrected chi connectivity index (χ3v) is 4.95. The summed E-state index contributed by atoms with van der Waals surface area (Å²) in [7, 11) is -2.48. The Hall–Kier alpha value is -1.15. The highest BCUT2D eigenvalue weighted by molar-refractivity contribution is 7.89. The molecule has 0 radical (unpaired) electrons. The lowest BCUT2D eigenvalue weighted by atomic mass is 10.2. The van der Waals surface area contributed by atoms with Crippen LogP contribution in [0.5, 0.6) is 0 Å². The molecule has 1 aromatic carbocycles. The van der Waals surface area contributed by atoms with Crippen molar-refractivity contribution < 1.29 is 13.2 Å². The average molecular weight is 320 g/mol. The number of carbonyl (C=O) groups excluding carboxylic acids is 1. The topological polar surface area (TPSA) is 92.5 Å². The third kappa shape index (κ3) is 3.92. The van der Waals surface area contributed by atoms with Gasteiger partial charge in [-0.2, -0.15) is 4.31 Å². The van der Waals surface area contributed by atoms with Gasteiger partial charge < -0.3 is 11.1 Å². The fourth-order valence-corrected chi connectivity index (χ4v) is 3.25. The van der Waals surface area contributed by atoms with Crippen molar-refractivity contribution in [3.8, 4) is 0 Å². The van der Waals surface area contributed by atoms with Gasteiger partial charge in [-0.05, 0) is 24.6 Å². The molecule has 0 aromatic heterocycles. The van der Waals surface area contributed by atoms with E-state index in [1.807, 2.05) is 0 Å². The van der Waals surface area contributed by atoms with Crippen LogP contribution in [0.15, 0.2) is 23.1 Å². The van der Waals surface area contributed by atoms with Gasteiger partial charge >= 0.3 is 0 Å². The Morgan fingerprint density at radius 2 is 2.10 bits per heavy atom. The highest BCUT2D eigenvalue weighted by Gasteiger charge is 2.25. The van der Waals surface area contributed by atoms with Crippen LogP contribution in [0.4, 0.5) is 0 Å². The van der Waals surface area contributed by atoms with E-state index in [2.05, 4.69) is 5.32 Å². The molecule has 20 heavy (non-hydrogen) atoms. The first-order chi connectivity index (χ1) is 9.32. The number of nitrogens with zero attached hydrogens (tertiary/aromatic N) is 1. The Morgan fingerprint density at radius 3 is 2.60 bits per heavy atom. The number of benzene rings is 1. The standard InChI is InChI=1S/C12H18ClN3O3S/c1-3-15-12(17)8-16(2)20(18,19)11-5-4-9(7-14)6-10(11)13/h4-6H,3,7-8,14H2,1-2H3,(H,15,17). The van der Waals surface area contributed by atoms with Crippen LogP contribution in [0.25, 0.3) is 0 Å². The van der Waals surface area contributed by atoms with Gasteiger partial charge in [0.2, 0.25) is 15.9 Å². The molecule has 3 N–H and O–H groups in total. The van der Waals surface area contributed by atoms with E-state index in [-0.39, 0.29) is 28.9 Å². The molecule has 0 aliphatic rings. The molecule has 8 heteroatoms. The van der Waals surface area contributed by atoms with E-state index in [1.54, 1.807) is 13.0 Å². The van der Waals surface area contributed by atoms with Crippen LogP contribution in [0, 0.1) is 0 Å². The van der Waals surface area contributed by atoms with Crippen molar-refractivity contribution >= 4 is 27.5 Å². The molecular formula is C12H18ClN3O3S. The number of halogens is 1. The lowest BCUT2D eigenvalue weighted by molar-refractivity contribution is -0.121. The fourth-order valence-electron chi connectivity index (χ4n) is 1.59. The Balaban J connectivity index is 3.01. The molecule has 1 amide bonds. The predicted octanol–water partition coefficient (Wildman–Crippen LogP) is 0.555. The van der Waals surface area contributed by atoms with Crippen LogP contribution in [-0.4, -0.2) is 38.8 Å². The van der Waals surface area contributed by atoms with Crippen molar-refractivity contribution in [3.63, 3.8) is 0 Å². The minimum Gasteiger partial charge on any atom is -0.355 e. The fraction of sp³-hybridized carbons (Fsp3) is 0.417. The Morgan fingerprint density at radius 1 is 1.45 bits per heavy atom. The summed E-state index contributed by atoms with van der Waals surface area (Å²) in [6.07, 6.45) is 0. The molecule has 0 aliphatic carbocycles. The summed E-state index contributed by atoms with van der Waals surface area (Å²) in [5.41, 5.74) is 6.20. The van der Waals surface area contributed by atoms with Crippen LogP contribution in [0.1, 0.15) is 12.5 Å². The van der Waals surface area contributed by atoms with Gasteiger partial charge in [-0.1, -0.05) is 17.7 Å². The number of hydrogen-bond acceptors (Lipinski definition) is 4. The van der Waals surface area contributed by atoms with Crippen LogP contribution < -0.4 is 11.1 Å². The van der Waals surface area contributed by atoms with Gasteiger partial charge in [0.25, 0.3) is 0 Å². The van der Waals surface area contributed by atoms with Gasteiger partial charge in [0.05, 0.1) is 11.6 Å². The van der Waals surface area contributed by atoms with Gasteiger partial charge in [0.15, 0.2) is 0 Å². The second kappa shape index (κ2) is 7.03. The maximum Gasteiger partial charge on any atom is 0.244 e. The predicted molar refractivity (Wildman–Crippen MR) is 77.8 cm³/mol.